The molecule has 7 aromatic rings. The molecule has 7 rings (SSSR count). The summed E-state index contributed by atoms with van der Waals surface area (Å²) in [6, 6.07) is 31.3. The van der Waals surface area contributed by atoms with E-state index in [4.69, 9.17) is 8.83 Å². The van der Waals surface area contributed by atoms with Crippen molar-refractivity contribution in [2.75, 3.05) is 0 Å². The fourth-order valence-corrected chi connectivity index (χ4v) is 4.66. The summed E-state index contributed by atoms with van der Waals surface area (Å²) in [4.78, 5) is 4.10. The molecule has 150 valence electrons. The van der Waals surface area contributed by atoms with E-state index in [2.05, 4.69) is 53.5 Å². The van der Waals surface area contributed by atoms with Crippen LogP contribution in [0, 0.1) is 0 Å². The molecule has 0 aliphatic heterocycles. The molecule has 0 atom stereocenters. The fourth-order valence-electron chi connectivity index (χ4n) is 4.66. The Morgan fingerprint density at radius 3 is 1.75 bits per heavy atom. The fraction of sp³-hybridized carbons (Fsp3) is 0. The molecule has 0 aliphatic rings. The molecule has 0 radical (unpaired) electrons. The molecule has 3 nitrogen and oxygen atoms in total. The topological polar surface area (TPSA) is 39.2 Å². The van der Waals surface area contributed by atoms with Crippen molar-refractivity contribution in [2.24, 2.45) is 0 Å². The molecule has 0 aliphatic carbocycles. The van der Waals surface area contributed by atoms with Crippen molar-refractivity contribution in [3.8, 4) is 22.3 Å². The third kappa shape index (κ3) is 2.51. The summed E-state index contributed by atoms with van der Waals surface area (Å²) in [7, 11) is 0. The highest BCUT2D eigenvalue weighted by molar-refractivity contribution is 6.25. The Morgan fingerprint density at radius 2 is 1.00 bits per heavy atom. The monoisotopic (exact) mass is 411 g/mol. The summed E-state index contributed by atoms with van der Waals surface area (Å²) in [6.45, 7) is 0. The molecule has 0 saturated carbocycles. The predicted molar refractivity (Wildman–Crippen MR) is 130 cm³/mol. The van der Waals surface area contributed by atoms with Crippen LogP contribution in [0.15, 0.2) is 112 Å². The Bertz CT molecular complexity index is 1760. The van der Waals surface area contributed by atoms with Gasteiger partial charge in [0.05, 0.1) is 0 Å². The lowest BCUT2D eigenvalue weighted by molar-refractivity contribution is 0.663. The number of pyridine rings is 1. The van der Waals surface area contributed by atoms with Gasteiger partial charge in [-0.15, -0.1) is 0 Å². The zero-order valence-electron chi connectivity index (χ0n) is 17.1. The summed E-state index contributed by atoms with van der Waals surface area (Å²) in [6.07, 6.45) is 3.64. The molecule has 32 heavy (non-hydrogen) atoms. The van der Waals surface area contributed by atoms with Gasteiger partial charge in [0.25, 0.3) is 0 Å². The number of para-hydroxylation sites is 1. The minimum absolute atomic E-state index is 0.879. The molecule has 4 aromatic carbocycles. The van der Waals surface area contributed by atoms with Gasteiger partial charge in [0, 0.05) is 33.9 Å². The maximum absolute atomic E-state index is 6.29. The first-order chi connectivity index (χ1) is 15.8. The number of hydrogen-bond donors (Lipinski definition) is 0. The van der Waals surface area contributed by atoms with Crippen molar-refractivity contribution in [3.05, 3.63) is 103 Å². The Labute approximate surface area is 183 Å². The molecule has 0 fully saturated rings. The van der Waals surface area contributed by atoms with Crippen LogP contribution in [0.2, 0.25) is 0 Å². The Hall–Kier alpha value is -4.37. The number of rotatable bonds is 2. The first kappa shape index (κ1) is 17.3. The van der Waals surface area contributed by atoms with Gasteiger partial charge in [0.1, 0.15) is 22.3 Å². The summed E-state index contributed by atoms with van der Waals surface area (Å²) in [5.41, 5.74) is 8.17. The SMILES string of the molecule is c1ccc2c(c1)oc1ccc3oc4cc(-c5ccc(-c6ccncc6)cc5)ccc4c3c12. The molecule has 3 heteroatoms. The first-order valence-corrected chi connectivity index (χ1v) is 10.6. The quantitative estimate of drug-likeness (QED) is 0.288. The third-order valence-corrected chi connectivity index (χ3v) is 6.21. The van der Waals surface area contributed by atoms with E-state index in [0.717, 1.165) is 60.6 Å². The van der Waals surface area contributed by atoms with Gasteiger partial charge in [-0.1, -0.05) is 48.5 Å². The summed E-state index contributed by atoms with van der Waals surface area (Å²) < 4.78 is 12.4. The van der Waals surface area contributed by atoms with Crippen LogP contribution in [0.4, 0.5) is 0 Å². The minimum atomic E-state index is 0.879. The third-order valence-electron chi connectivity index (χ3n) is 6.21. The standard InChI is InChI=1S/C29H17NO2/c1-2-4-24-22(3-1)28-25(31-24)11-12-26-29(28)23-10-9-21(17-27(23)32-26)19-7-5-18(6-8-19)20-13-15-30-16-14-20/h1-17H. The summed E-state index contributed by atoms with van der Waals surface area (Å²) >= 11 is 0. The van der Waals surface area contributed by atoms with Gasteiger partial charge in [0.15, 0.2) is 0 Å². The van der Waals surface area contributed by atoms with Crippen molar-refractivity contribution in [2.45, 2.75) is 0 Å². The van der Waals surface area contributed by atoms with Crippen LogP contribution in [0.25, 0.3) is 66.1 Å². The molecule has 3 aromatic heterocycles. The summed E-state index contributed by atoms with van der Waals surface area (Å²) in [5.74, 6) is 0. The van der Waals surface area contributed by atoms with E-state index >= 15 is 0 Å². The largest absolute Gasteiger partial charge is 0.456 e. The Kier molecular flexibility index (Phi) is 3.55. The van der Waals surface area contributed by atoms with Gasteiger partial charge in [-0.3, -0.25) is 4.98 Å². The van der Waals surface area contributed by atoms with E-state index in [-0.39, 0.29) is 0 Å². The second-order valence-corrected chi connectivity index (χ2v) is 8.04. The number of fused-ring (bicyclic) bond motifs is 7. The second kappa shape index (κ2) is 6.56. The van der Waals surface area contributed by atoms with E-state index in [1.165, 1.54) is 5.56 Å². The van der Waals surface area contributed by atoms with Gasteiger partial charge in [-0.2, -0.15) is 0 Å². The van der Waals surface area contributed by atoms with Crippen molar-refractivity contribution < 1.29 is 8.83 Å². The lowest BCUT2D eigenvalue weighted by Crippen LogP contribution is -1.81. The molecule has 0 bridgehead atoms. The minimum Gasteiger partial charge on any atom is -0.456 e. The van der Waals surface area contributed by atoms with E-state index < -0.39 is 0 Å². The lowest BCUT2D eigenvalue weighted by Gasteiger charge is -2.05. The predicted octanol–water partition coefficient (Wildman–Crippen LogP) is 8.21. The molecule has 0 amide bonds. The normalized spacial score (nSPS) is 11.8. The Morgan fingerprint density at radius 1 is 0.438 bits per heavy atom. The molecule has 0 spiro atoms. The number of benzene rings is 4. The molecular weight excluding hydrogens is 394 g/mol. The highest BCUT2D eigenvalue weighted by Crippen LogP contribution is 2.40. The maximum atomic E-state index is 6.29. The number of aromatic nitrogens is 1. The zero-order chi connectivity index (χ0) is 21.1. The van der Waals surface area contributed by atoms with Gasteiger partial charge in [-0.05, 0) is 64.7 Å². The maximum Gasteiger partial charge on any atom is 0.136 e. The van der Waals surface area contributed by atoms with Crippen molar-refractivity contribution >= 4 is 43.9 Å². The van der Waals surface area contributed by atoms with Crippen molar-refractivity contribution in [1.29, 1.82) is 0 Å². The van der Waals surface area contributed by atoms with Gasteiger partial charge in [-0.25, -0.2) is 0 Å². The number of furan rings is 2. The number of hydrogen-bond acceptors (Lipinski definition) is 3. The van der Waals surface area contributed by atoms with E-state index in [1.54, 1.807) is 0 Å². The van der Waals surface area contributed by atoms with Crippen LogP contribution in [0.1, 0.15) is 0 Å². The van der Waals surface area contributed by atoms with Crippen LogP contribution >= 0.6 is 0 Å². The van der Waals surface area contributed by atoms with Crippen LogP contribution in [-0.2, 0) is 0 Å². The van der Waals surface area contributed by atoms with Crippen LogP contribution in [0.5, 0.6) is 0 Å². The van der Waals surface area contributed by atoms with E-state index in [9.17, 15) is 0 Å². The molecule has 0 N–H and O–H groups in total. The van der Waals surface area contributed by atoms with Crippen molar-refractivity contribution in [3.63, 3.8) is 0 Å². The van der Waals surface area contributed by atoms with Crippen LogP contribution in [-0.4, -0.2) is 4.98 Å². The summed E-state index contributed by atoms with van der Waals surface area (Å²) in [5, 5.41) is 4.45. The smallest absolute Gasteiger partial charge is 0.136 e. The average Bonchev–Trinajstić information content (AvgIpc) is 3.42. The second-order valence-electron chi connectivity index (χ2n) is 8.04. The first-order valence-electron chi connectivity index (χ1n) is 10.6. The van der Waals surface area contributed by atoms with Gasteiger partial charge >= 0.3 is 0 Å². The van der Waals surface area contributed by atoms with Gasteiger partial charge < -0.3 is 8.83 Å². The van der Waals surface area contributed by atoms with Gasteiger partial charge in [0.2, 0.25) is 0 Å². The molecule has 3 heterocycles. The Balaban J connectivity index is 1.39. The highest BCUT2D eigenvalue weighted by atomic mass is 16.3. The van der Waals surface area contributed by atoms with Crippen molar-refractivity contribution in [1.82, 2.24) is 4.98 Å². The van der Waals surface area contributed by atoms with Crippen LogP contribution in [0.3, 0.4) is 0 Å². The van der Waals surface area contributed by atoms with Crippen LogP contribution < -0.4 is 0 Å². The molecular formula is C29H17NO2. The average molecular weight is 411 g/mol. The lowest BCUT2D eigenvalue weighted by atomic mass is 9.99. The van der Waals surface area contributed by atoms with E-state index in [1.807, 2.05) is 54.9 Å². The highest BCUT2D eigenvalue weighted by Gasteiger charge is 2.16. The molecule has 0 saturated heterocycles. The molecule has 0 unspecified atom stereocenters. The van der Waals surface area contributed by atoms with E-state index in [0.29, 0.717) is 0 Å². The zero-order valence-corrected chi connectivity index (χ0v) is 17.1. The number of nitrogens with zero attached hydrogens (tertiary/aromatic N) is 1.